The number of carbonyl (C=O) groups is 4. The lowest BCUT2D eigenvalue weighted by atomic mass is 9.80. The van der Waals surface area contributed by atoms with Crippen LogP contribution in [0.5, 0.6) is 0 Å². The van der Waals surface area contributed by atoms with Crippen molar-refractivity contribution in [2.24, 2.45) is 11.8 Å². The van der Waals surface area contributed by atoms with E-state index >= 15 is 0 Å². The van der Waals surface area contributed by atoms with Crippen molar-refractivity contribution in [3.8, 4) is 0 Å². The van der Waals surface area contributed by atoms with Crippen LogP contribution in [0.4, 0.5) is 11.4 Å². The van der Waals surface area contributed by atoms with Gasteiger partial charge in [-0.25, -0.2) is 4.79 Å². The van der Waals surface area contributed by atoms with Gasteiger partial charge in [-0.3, -0.25) is 19.3 Å². The summed E-state index contributed by atoms with van der Waals surface area (Å²) in [4.78, 5) is 51.5. The third kappa shape index (κ3) is 5.25. The van der Waals surface area contributed by atoms with E-state index in [0.29, 0.717) is 24.2 Å². The highest BCUT2D eigenvalue weighted by molar-refractivity contribution is 9.10. The molecule has 1 aliphatic heterocycles. The predicted octanol–water partition coefficient (Wildman–Crippen LogP) is 4.98. The third-order valence-corrected chi connectivity index (χ3v) is 8.67. The standard InChI is InChI=1S/C25H23BrCl2N2O5/c1-12-7-15(8-13(2)22(12)26)29-21(31)11-35-25(34)14-3-5-16(6-4-14)30-23(32)17-9-19(27)20(28)10-18(17)24(30)33/h3-8,17-20H,9-11H2,1-2H3,(H,29,31)/t17-,18+,19+,20-. The fraction of sp³-hybridized carbons (Fsp3) is 0.360. The number of rotatable bonds is 5. The number of benzene rings is 2. The first-order chi connectivity index (χ1) is 16.6. The third-order valence-electron chi connectivity index (χ3n) is 6.33. The minimum atomic E-state index is -0.697. The van der Waals surface area contributed by atoms with E-state index in [4.69, 9.17) is 27.9 Å². The number of halogens is 3. The molecule has 4 rings (SSSR count). The molecule has 0 bridgehead atoms. The van der Waals surface area contributed by atoms with Crippen LogP contribution < -0.4 is 10.2 Å². The van der Waals surface area contributed by atoms with E-state index < -0.39 is 30.3 Å². The summed E-state index contributed by atoms with van der Waals surface area (Å²) >= 11 is 15.9. The minimum Gasteiger partial charge on any atom is -0.452 e. The van der Waals surface area contributed by atoms with Crippen LogP contribution in [0.2, 0.25) is 0 Å². The van der Waals surface area contributed by atoms with Gasteiger partial charge < -0.3 is 10.1 Å². The SMILES string of the molecule is Cc1cc(NC(=O)COC(=O)c2ccc(N3C(=O)[C@H]4C[C@@H](Cl)[C@@H](Cl)C[C@H]4C3=O)cc2)cc(C)c1Br. The van der Waals surface area contributed by atoms with Crippen LogP contribution in [0.25, 0.3) is 0 Å². The van der Waals surface area contributed by atoms with E-state index in [-0.39, 0.29) is 28.1 Å². The Labute approximate surface area is 221 Å². The molecule has 0 radical (unpaired) electrons. The van der Waals surface area contributed by atoms with Crippen LogP contribution in [0, 0.1) is 25.7 Å². The first-order valence-electron chi connectivity index (χ1n) is 11.1. The minimum absolute atomic E-state index is 0.190. The molecule has 3 amide bonds. The molecule has 1 saturated carbocycles. The first-order valence-corrected chi connectivity index (χ1v) is 12.7. The Kier molecular flexibility index (Phi) is 7.54. The van der Waals surface area contributed by atoms with Crippen LogP contribution in [0.1, 0.15) is 34.3 Å². The zero-order chi connectivity index (χ0) is 25.4. The second-order valence-corrected chi connectivity index (χ2v) is 10.7. The summed E-state index contributed by atoms with van der Waals surface area (Å²) in [5, 5.41) is 1.99. The van der Waals surface area contributed by atoms with Crippen molar-refractivity contribution in [1.82, 2.24) is 0 Å². The van der Waals surface area contributed by atoms with Crippen LogP contribution in [0.15, 0.2) is 40.9 Å². The molecule has 7 nitrogen and oxygen atoms in total. The first kappa shape index (κ1) is 25.7. The summed E-state index contributed by atoms with van der Waals surface area (Å²) in [6.07, 6.45) is 0.709. The molecule has 35 heavy (non-hydrogen) atoms. The van der Waals surface area contributed by atoms with Crippen LogP contribution in [-0.2, 0) is 19.1 Å². The maximum Gasteiger partial charge on any atom is 0.338 e. The van der Waals surface area contributed by atoms with E-state index in [1.807, 2.05) is 26.0 Å². The monoisotopic (exact) mass is 580 g/mol. The maximum atomic E-state index is 12.9. The smallest absolute Gasteiger partial charge is 0.338 e. The number of ether oxygens (including phenoxy) is 1. The zero-order valence-corrected chi connectivity index (χ0v) is 22.1. The summed E-state index contributed by atoms with van der Waals surface area (Å²) in [6.45, 7) is 3.37. The highest BCUT2D eigenvalue weighted by Gasteiger charge is 2.52. The number of alkyl halides is 2. The van der Waals surface area contributed by atoms with Crippen molar-refractivity contribution in [3.05, 3.63) is 57.6 Å². The molecule has 184 valence electrons. The van der Waals surface area contributed by atoms with Gasteiger partial charge in [-0.2, -0.15) is 0 Å². The lowest BCUT2D eigenvalue weighted by molar-refractivity contribution is -0.122. The number of nitrogens with one attached hydrogen (secondary N) is 1. The molecule has 2 aromatic carbocycles. The lowest BCUT2D eigenvalue weighted by Gasteiger charge is -2.28. The van der Waals surface area contributed by atoms with Crippen LogP contribution in [-0.4, -0.2) is 41.1 Å². The molecular weight excluding hydrogens is 559 g/mol. The van der Waals surface area contributed by atoms with Gasteiger partial charge in [0.1, 0.15) is 0 Å². The molecule has 1 heterocycles. The van der Waals surface area contributed by atoms with Crippen molar-refractivity contribution in [1.29, 1.82) is 0 Å². The van der Waals surface area contributed by atoms with Crippen molar-refractivity contribution in [2.45, 2.75) is 37.4 Å². The van der Waals surface area contributed by atoms with Crippen molar-refractivity contribution < 1.29 is 23.9 Å². The van der Waals surface area contributed by atoms with Gasteiger partial charge in [-0.15, -0.1) is 23.2 Å². The Balaban J connectivity index is 1.36. The topological polar surface area (TPSA) is 92.8 Å². The number of aryl methyl sites for hydroxylation is 2. The number of imide groups is 1. The molecule has 0 spiro atoms. The van der Waals surface area contributed by atoms with Crippen molar-refractivity contribution in [2.75, 3.05) is 16.8 Å². The molecular formula is C25H23BrCl2N2O5. The molecule has 1 saturated heterocycles. The quantitative estimate of drug-likeness (QED) is 0.305. The highest BCUT2D eigenvalue weighted by atomic mass is 79.9. The largest absolute Gasteiger partial charge is 0.452 e. The normalized spacial score (nSPS) is 23.7. The van der Waals surface area contributed by atoms with Gasteiger partial charge in [0.25, 0.3) is 5.91 Å². The molecule has 0 aromatic heterocycles. The van der Waals surface area contributed by atoms with Crippen molar-refractivity contribution in [3.63, 3.8) is 0 Å². The van der Waals surface area contributed by atoms with Gasteiger partial charge in [0, 0.05) is 10.2 Å². The summed E-state index contributed by atoms with van der Waals surface area (Å²) < 4.78 is 6.08. The number of carbonyl (C=O) groups excluding carboxylic acids is 4. The Bertz CT molecular complexity index is 1150. The molecule has 2 aromatic rings. The number of amides is 3. The highest BCUT2D eigenvalue weighted by Crippen LogP contribution is 2.43. The molecule has 1 aliphatic carbocycles. The zero-order valence-electron chi connectivity index (χ0n) is 19.0. The number of anilines is 2. The molecule has 0 unspecified atom stereocenters. The van der Waals surface area contributed by atoms with Crippen LogP contribution in [0.3, 0.4) is 0 Å². The molecule has 4 atom stereocenters. The summed E-state index contributed by atoms with van der Waals surface area (Å²) in [5.74, 6) is -2.75. The van der Waals surface area contributed by atoms with Gasteiger partial charge in [0.2, 0.25) is 11.8 Å². The molecule has 1 N–H and O–H groups in total. The Hall–Kier alpha value is -2.42. The molecule has 2 fully saturated rings. The summed E-state index contributed by atoms with van der Waals surface area (Å²) in [5.41, 5.74) is 3.10. The maximum absolute atomic E-state index is 12.9. The van der Waals surface area contributed by atoms with Gasteiger partial charge >= 0.3 is 5.97 Å². The van der Waals surface area contributed by atoms with E-state index in [0.717, 1.165) is 20.5 Å². The van der Waals surface area contributed by atoms with Gasteiger partial charge in [-0.1, -0.05) is 15.9 Å². The average Bonchev–Trinajstić information content (AvgIpc) is 3.05. The second kappa shape index (κ2) is 10.3. The summed E-state index contributed by atoms with van der Waals surface area (Å²) in [7, 11) is 0. The predicted molar refractivity (Wildman–Crippen MR) is 137 cm³/mol. The van der Waals surface area contributed by atoms with Crippen molar-refractivity contribution >= 4 is 74.2 Å². The van der Waals surface area contributed by atoms with Gasteiger partial charge in [0.15, 0.2) is 6.61 Å². The van der Waals surface area contributed by atoms with E-state index in [2.05, 4.69) is 21.2 Å². The number of nitrogens with zero attached hydrogens (tertiary/aromatic N) is 1. The number of hydrogen-bond acceptors (Lipinski definition) is 5. The van der Waals surface area contributed by atoms with Crippen LogP contribution >= 0.6 is 39.1 Å². The second-order valence-electron chi connectivity index (χ2n) is 8.82. The van der Waals surface area contributed by atoms with Gasteiger partial charge in [0.05, 0.1) is 33.8 Å². The van der Waals surface area contributed by atoms with E-state index in [1.54, 1.807) is 0 Å². The molecule has 10 heteroatoms. The number of hydrogen-bond donors (Lipinski definition) is 1. The fourth-order valence-corrected chi connectivity index (χ4v) is 5.34. The average molecular weight is 582 g/mol. The lowest BCUT2D eigenvalue weighted by Crippen LogP contribution is -2.34. The Morgan fingerprint density at radius 3 is 2.03 bits per heavy atom. The molecule has 2 aliphatic rings. The Morgan fingerprint density at radius 2 is 1.51 bits per heavy atom. The van der Waals surface area contributed by atoms with E-state index in [9.17, 15) is 19.2 Å². The fourth-order valence-electron chi connectivity index (χ4n) is 4.53. The number of esters is 1. The van der Waals surface area contributed by atoms with E-state index in [1.165, 1.54) is 24.3 Å². The Morgan fingerprint density at radius 1 is 1.00 bits per heavy atom. The van der Waals surface area contributed by atoms with Gasteiger partial charge in [-0.05, 0) is 74.2 Å². The number of fused-ring (bicyclic) bond motifs is 1. The summed E-state index contributed by atoms with van der Waals surface area (Å²) in [6, 6.07) is 9.55.